The molecule has 1 amide bonds. The smallest absolute Gasteiger partial charge is 0.239 e. The van der Waals surface area contributed by atoms with Crippen molar-refractivity contribution in [2.24, 2.45) is 0 Å². The summed E-state index contributed by atoms with van der Waals surface area (Å²) in [7, 11) is 0. The summed E-state index contributed by atoms with van der Waals surface area (Å²) in [5.41, 5.74) is 0.862. The number of nitrogens with one attached hydrogen (secondary N) is 1. The van der Waals surface area contributed by atoms with Crippen LogP contribution >= 0.6 is 0 Å². The number of rotatable bonds is 4. The topological polar surface area (TPSA) is 32.3 Å². The van der Waals surface area contributed by atoms with E-state index < -0.39 is 0 Å². The van der Waals surface area contributed by atoms with E-state index in [1.165, 1.54) is 12.1 Å². The fourth-order valence-corrected chi connectivity index (χ4v) is 2.53. The van der Waals surface area contributed by atoms with Gasteiger partial charge < -0.3 is 4.90 Å². The largest absolute Gasteiger partial charge is 0.341 e. The third-order valence-corrected chi connectivity index (χ3v) is 3.64. The highest BCUT2D eigenvalue weighted by Crippen LogP contribution is 2.15. The van der Waals surface area contributed by atoms with Crippen LogP contribution in [0.2, 0.25) is 0 Å². The van der Waals surface area contributed by atoms with Crippen molar-refractivity contribution >= 4 is 5.91 Å². The van der Waals surface area contributed by atoms with E-state index in [-0.39, 0.29) is 23.8 Å². The number of nitrogens with zero attached hydrogens (tertiary/aromatic N) is 1. The van der Waals surface area contributed by atoms with Crippen molar-refractivity contribution in [1.29, 1.82) is 0 Å². The van der Waals surface area contributed by atoms with Crippen molar-refractivity contribution in [2.75, 3.05) is 13.1 Å². The van der Waals surface area contributed by atoms with Gasteiger partial charge in [0.25, 0.3) is 0 Å². The lowest BCUT2D eigenvalue weighted by Crippen LogP contribution is -2.44. The molecule has 1 unspecified atom stereocenters. The standard InChI is InChI=1S/C15H21FN2O/c1-11(13-6-5-7-14(16)10-13)17-12(2)15(19)18-8-3-4-9-18/h5-7,10-12,17H,3-4,8-9H2,1-2H3/t11-,12?/m0/s1. The van der Waals surface area contributed by atoms with Gasteiger partial charge in [0.2, 0.25) is 5.91 Å². The molecule has 0 aromatic heterocycles. The van der Waals surface area contributed by atoms with Crippen LogP contribution < -0.4 is 5.32 Å². The maximum Gasteiger partial charge on any atom is 0.239 e. The number of benzene rings is 1. The molecule has 1 aliphatic rings. The van der Waals surface area contributed by atoms with Crippen LogP contribution in [0.1, 0.15) is 38.3 Å². The fourth-order valence-electron chi connectivity index (χ4n) is 2.53. The first-order chi connectivity index (χ1) is 9.08. The summed E-state index contributed by atoms with van der Waals surface area (Å²) in [4.78, 5) is 14.1. The van der Waals surface area contributed by atoms with Gasteiger partial charge in [0, 0.05) is 19.1 Å². The summed E-state index contributed by atoms with van der Waals surface area (Å²) in [6.45, 7) is 5.54. The first-order valence-electron chi connectivity index (χ1n) is 6.88. The first-order valence-corrected chi connectivity index (χ1v) is 6.88. The lowest BCUT2D eigenvalue weighted by Gasteiger charge is -2.24. The summed E-state index contributed by atoms with van der Waals surface area (Å²) >= 11 is 0. The second-order valence-electron chi connectivity index (χ2n) is 5.20. The maximum absolute atomic E-state index is 13.2. The lowest BCUT2D eigenvalue weighted by molar-refractivity contribution is -0.132. The molecule has 1 aliphatic heterocycles. The van der Waals surface area contributed by atoms with Crippen LogP contribution in [0.5, 0.6) is 0 Å². The SMILES string of the molecule is CC(N[C@@H](C)c1cccc(F)c1)C(=O)N1CCCC1. The highest BCUT2D eigenvalue weighted by molar-refractivity contribution is 5.81. The summed E-state index contributed by atoms with van der Waals surface area (Å²) < 4.78 is 13.2. The Morgan fingerprint density at radius 3 is 2.63 bits per heavy atom. The quantitative estimate of drug-likeness (QED) is 0.906. The van der Waals surface area contributed by atoms with Crippen molar-refractivity contribution in [1.82, 2.24) is 10.2 Å². The first kappa shape index (κ1) is 14.0. The third-order valence-electron chi connectivity index (χ3n) is 3.64. The van der Waals surface area contributed by atoms with Gasteiger partial charge in [0.15, 0.2) is 0 Å². The Bertz CT molecular complexity index is 444. The third kappa shape index (κ3) is 3.53. The van der Waals surface area contributed by atoms with Crippen LogP contribution in [0.3, 0.4) is 0 Å². The minimum absolute atomic E-state index is 0.0442. The highest BCUT2D eigenvalue weighted by atomic mass is 19.1. The number of carbonyl (C=O) groups excluding carboxylic acids is 1. The molecule has 1 fully saturated rings. The van der Waals surface area contributed by atoms with Crippen LogP contribution in [-0.2, 0) is 4.79 Å². The van der Waals surface area contributed by atoms with Crippen molar-refractivity contribution < 1.29 is 9.18 Å². The van der Waals surface area contributed by atoms with Gasteiger partial charge >= 0.3 is 0 Å². The summed E-state index contributed by atoms with van der Waals surface area (Å²) in [5, 5.41) is 3.24. The number of amides is 1. The van der Waals surface area contributed by atoms with E-state index in [9.17, 15) is 9.18 Å². The molecule has 1 aromatic carbocycles. The number of likely N-dealkylation sites (tertiary alicyclic amines) is 1. The number of halogens is 1. The van der Waals surface area contributed by atoms with Gasteiger partial charge in [-0.2, -0.15) is 0 Å². The average molecular weight is 264 g/mol. The van der Waals surface area contributed by atoms with Gasteiger partial charge in [-0.05, 0) is 44.4 Å². The van der Waals surface area contributed by atoms with Gasteiger partial charge in [-0.15, -0.1) is 0 Å². The predicted octanol–water partition coefficient (Wildman–Crippen LogP) is 2.49. The Hall–Kier alpha value is -1.42. The van der Waals surface area contributed by atoms with E-state index in [4.69, 9.17) is 0 Å². The summed E-state index contributed by atoms with van der Waals surface area (Å²) in [6.07, 6.45) is 2.19. The summed E-state index contributed by atoms with van der Waals surface area (Å²) in [6, 6.07) is 6.21. The van der Waals surface area contributed by atoms with Crippen molar-refractivity contribution in [2.45, 2.75) is 38.8 Å². The van der Waals surface area contributed by atoms with E-state index >= 15 is 0 Å². The van der Waals surface area contributed by atoms with E-state index in [1.54, 1.807) is 6.07 Å². The highest BCUT2D eigenvalue weighted by Gasteiger charge is 2.24. The van der Waals surface area contributed by atoms with Crippen LogP contribution in [0.4, 0.5) is 4.39 Å². The second-order valence-corrected chi connectivity index (χ2v) is 5.20. The van der Waals surface area contributed by atoms with Crippen LogP contribution in [-0.4, -0.2) is 29.9 Å². The molecule has 2 atom stereocenters. The van der Waals surface area contributed by atoms with Crippen LogP contribution in [0, 0.1) is 5.82 Å². The number of hydrogen-bond donors (Lipinski definition) is 1. The van der Waals surface area contributed by atoms with E-state index in [0.717, 1.165) is 31.5 Å². The molecule has 1 aromatic rings. The van der Waals surface area contributed by atoms with Crippen LogP contribution in [0.25, 0.3) is 0 Å². The van der Waals surface area contributed by atoms with Crippen molar-refractivity contribution in [3.63, 3.8) is 0 Å². The number of carbonyl (C=O) groups is 1. The molecule has 0 aliphatic carbocycles. The molecule has 2 rings (SSSR count). The molecule has 1 saturated heterocycles. The van der Waals surface area contributed by atoms with E-state index in [2.05, 4.69) is 5.32 Å². The molecular weight excluding hydrogens is 243 g/mol. The molecule has 0 bridgehead atoms. The zero-order valence-corrected chi connectivity index (χ0v) is 11.5. The zero-order valence-electron chi connectivity index (χ0n) is 11.5. The minimum atomic E-state index is -0.246. The Labute approximate surface area is 113 Å². The molecule has 1 N–H and O–H groups in total. The molecule has 0 spiro atoms. The van der Waals surface area contributed by atoms with Crippen molar-refractivity contribution in [3.05, 3.63) is 35.6 Å². The fraction of sp³-hybridized carbons (Fsp3) is 0.533. The van der Waals surface area contributed by atoms with Gasteiger partial charge in [-0.3, -0.25) is 10.1 Å². The van der Waals surface area contributed by atoms with Crippen LogP contribution in [0.15, 0.2) is 24.3 Å². The van der Waals surface area contributed by atoms with E-state index in [1.807, 2.05) is 24.8 Å². The molecule has 104 valence electrons. The molecule has 1 heterocycles. The van der Waals surface area contributed by atoms with E-state index in [0.29, 0.717) is 0 Å². The van der Waals surface area contributed by atoms with Gasteiger partial charge in [0.05, 0.1) is 6.04 Å². The summed E-state index contributed by atoms with van der Waals surface area (Å²) in [5.74, 6) is -0.106. The Morgan fingerprint density at radius 2 is 2.00 bits per heavy atom. The molecule has 3 nitrogen and oxygen atoms in total. The average Bonchev–Trinajstić information content (AvgIpc) is 2.91. The normalized spacial score (nSPS) is 18.4. The molecule has 0 radical (unpaired) electrons. The maximum atomic E-state index is 13.2. The second kappa shape index (κ2) is 6.15. The Morgan fingerprint density at radius 1 is 1.32 bits per heavy atom. The van der Waals surface area contributed by atoms with Gasteiger partial charge in [0.1, 0.15) is 5.82 Å². The van der Waals surface area contributed by atoms with Gasteiger partial charge in [-0.25, -0.2) is 4.39 Å². The lowest BCUT2D eigenvalue weighted by atomic mass is 10.1. The van der Waals surface area contributed by atoms with Crippen molar-refractivity contribution in [3.8, 4) is 0 Å². The zero-order chi connectivity index (χ0) is 13.8. The minimum Gasteiger partial charge on any atom is -0.341 e. The molecule has 19 heavy (non-hydrogen) atoms. The molecular formula is C15H21FN2O. The Balaban J connectivity index is 1.94. The molecule has 0 saturated carbocycles. The van der Waals surface area contributed by atoms with Gasteiger partial charge in [-0.1, -0.05) is 12.1 Å². The Kier molecular flexibility index (Phi) is 4.53. The number of hydrogen-bond acceptors (Lipinski definition) is 2. The predicted molar refractivity (Wildman–Crippen MR) is 73.2 cm³/mol. The molecule has 4 heteroatoms. The monoisotopic (exact) mass is 264 g/mol.